The van der Waals surface area contributed by atoms with Gasteiger partial charge in [0.05, 0.1) is 4.51 Å². The van der Waals surface area contributed by atoms with Gasteiger partial charge in [-0.1, -0.05) is 24.4 Å². The second-order valence-electron chi connectivity index (χ2n) is 3.62. The summed E-state index contributed by atoms with van der Waals surface area (Å²) in [5.74, 6) is 0.871. The van der Waals surface area contributed by atoms with Crippen LogP contribution in [0.3, 0.4) is 0 Å². The van der Waals surface area contributed by atoms with Crippen molar-refractivity contribution in [1.29, 1.82) is 0 Å². The molecular weight excluding hydrogens is 192 g/mol. The first-order valence-corrected chi connectivity index (χ1v) is 5.01. The van der Waals surface area contributed by atoms with Crippen LogP contribution in [0.1, 0.15) is 16.9 Å². The second kappa shape index (κ2) is 3.21. The van der Waals surface area contributed by atoms with Gasteiger partial charge in [0.25, 0.3) is 0 Å². The highest BCUT2D eigenvalue weighted by molar-refractivity contribution is 7.71. The smallest absolute Gasteiger partial charge is 0.138 e. The Morgan fingerprint density at radius 3 is 2.43 bits per heavy atom. The van der Waals surface area contributed by atoms with Gasteiger partial charge in [-0.15, -0.1) is 0 Å². The average Bonchev–Trinajstić information content (AvgIpc) is 2.10. The lowest BCUT2D eigenvalue weighted by Crippen LogP contribution is -1.85. The van der Waals surface area contributed by atoms with Crippen LogP contribution in [0.15, 0.2) is 22.6 Å². The van der Waals surface area contributed by atoms with E-state index in [4.69, 9.17) is 16.6 Å². The number of fused-ring (bicyclic) bond motifs is 1. The quantitative estimate of drug-likeness (QED) is 0.600. The van der Waals surface area contributed by atoms with Crippen LogP contribution in [0.2, 0.25) is 0 Å². The van der Waals surface area contributed by atoms with E-state index < -0.39 is 0 Å². The van der Waals surface area contributed by atoms with Crippen LogP contribution < -0.4 is 0 Å². The highest BCUT2D eigenvalue weighted by Gasteiger charge is 2.05. The summed E-state index contributed by atoms with van der Waals surface area (Å²) in [5, 5.41) is 1.07. The highest BCUT2D eigenvalue weighted by Crippen LogP contribution is 2.24. The first-order valence-electron chi connectivity index (χ1n) is 4.60. The molecule has 0 fully saturated rings. The van der Waals surface area contributed by atoms with E-state index >= 15 is 0 Å². The number of hydrogen-bond donors (Lipinski definition) is 0. The molecule has 1 nitrogen and oxygen atoms in total. The summed E-state index contributed by atoms with van der Waals surface area (Å²) < 4.78 is 6.57. The van der Waals surface area contributed by atoms with Gasteiger partial charge >= 0.3 is 0 Å². The average molecular weight is 204 g/mol. The molecule has 14 heavy (non-hydrogen) atoms. The van der Waals surface area contributed by atoms with Crippen molar-refractivity contribution in [1.82, 2.24) is 0 Å². The van der Waals surface area contributed by atoms with Crippen LogP contribution >= 0.6 is 12.2 Å². The van der Waals surface area contributed by atoms with Gasteiger partial charge in [0, 0.05) is 5.39 Å². The Morgan fingerprint density at radius 2 is 1.71 bits per heavy atom. The first-order chi connectivity index (χ1) is 6.59. The van der Waals surface area contributed by atoms with Crippen LogP contribution in [0, 0.1) is 25.3 Å². The molecule has 1 aromatic carbocycles. The maximum Gasteiger partial charge on any atom is 0.138 e. The lowest BCUT2D eigenvalue weighted by molar-refractivity contribution is 0.563. The van der Waals surface area contributed by atoms with Gasteiger partial charge in [-0.25, -0.2) is 0 Å². The Bertz CT molecular complexity index is 552. The molecule has 0 aliphatic heterocycles. The Hall–Kier alpha value is -1.15. The van der Waals surface area contributed by atoms with Crippen LogP contribution in [-0.2, 0) is 0 Å². The van der Waals surface area contributed by atoms with E-state index in [1.807, 2.05) is 19.9 Å². The lowest BCUT2D eigenvalue weighted by Gasteiger charge is -2.05. The summed E-state index contributed by atoms with van der Waals surface area (Å²) >= 11 is 5.33. The van der Waals surface area contributed by atoms with E-state index in [1.165, 1.54) is 5.56 Å². The monoisotopic (exact) mass is 204 g/mol. The van der Waals surface area contributed by atoms with Gasteiger partial charge in [0.1, 0.15) is 11.3 Å². The minimum Gasteiger partial charge on any atom is -0.461 e. The fraction of sp³-hybridized carbons (Fsp3) is 0.250. The molecule has 0 amide bonds. The van der Waals surface area contributed by atoms with E-state index in [2.05, 4.69) is 19.1 Å². The molecule has 1 heterocycles. The van der Waals surface area contributed by atoms with Crippen molar-refractivity contribution < 1.29 is 4.42 Å². The predicted molar refractivity (Wildman–Crippen MR) is 61.3 cm³/mol. The normalized spacial score (nSPS) is 10.8. The second-order valence-corrected chi connectivity index (χ2v) is 4.06. The molecule has 0 spiro atoms. The van der Waals surface area contributed by atoms with Crippen LogP contribution in [0.25, 0.3) is 11.0 Å². The summed E-state index contributed by atoms with van der Waals surface area (Å²) in [6, 6.07) is 6.05. The molecule has 0 radical (unpaired) electrons. The topological polar surface area (TPSA) is 13.1 Å². The van der Waals surface area contributed by atoms with Crippen molar-refractivity contribution in [3.05, 3.63) is 39.6 Å². The molecule has 1 aromatic heterocycles. The third kappa shape index (κ3) is 1.36. The number of aryl methyl sites for hydroxylation is 3. The molecule has 0 bridgehead atoms. The van der Waals surface area contributed by atoms with Gasteiger partial charge in [-0.2, -0.15) is 0 Å². The van der Waals surface area contributed by atoms with Crippen molar-refractivity contribution >= 4 is 23.2 Å². The van der Waals surface area contributed by atoms with Crippen molar-refractivity contribution in [2.75, 3.05) is 0 Å². The van der Waals surface area contributed by atoms with Crippen molar-refractivity contribution in [3.8, 4) is 0 Å². The van der Waals surface area contributed by atoms with Gasteiger partial charge in [-0.05, 0) is 38.0 Å². The molecule has 2 heteroatoms. The van der Waals surface area contributed by atoms with E-state index in [1.54, 1.807) is 0 Å². The third-order valence-electron chi connectivity index (χ3n) is 2.41. The maximum atomic E-state index is 5.69. The number of rotatable bonds is 0. The molecule has 0 saturated heterocycles. The SMILES string of the molecule is Cc1cc(=S)c2c(C)ccc(C)c2o1. The largest absolute Gasteiger partial charge is 0.461 e. The maximum absolute atomic E-state index is 5.69. The zero-order valence-electron chi connectivity index (χ0n) is 8.55. The first kappa shape index (κ1) is 9.41. The Morgan fingerprint density at radius 1 is 1.07 bits per heavy atom. The summed E-state index contributed by atoms with van der Waals surface area (Å²) in [4.78, 5) is 0. The van der Waals surface area contributed by atoms with Gasteiger partial charge in [0.15, 0.2) is 0 Å². The molecule has 2 aromatic rings. The molecular formula is C12H12OS. The van der Waals surface area contributed by atoms with Crippen molar-refractivity contribution in [2.45, 2.75) is 20.8 Å². The summed E-state index contributed by atoms with van der Waals surface area (Å²) in [7, 11) is 0. The van der Waals surface area contributed by atoms with Gasteiger partial charge in [0.2, 0.25) is 0 Å². The Balaban J connectivity index is 3.08. The van der Waals surface area contributed by atoms with Crippen LogP contribution in [-0.4, -0.2) is 0 Å². The summed E-state index contributed by atoms with van der Waals surface area (Å²) in [6.45, 7) is 6.03. The fourth-order valence-corrected chi connectivity index (χ4v) is 2.09. The van der Waals surface area contributed by atoms with E-state index in [9.17, 15) is 0 Å². The predicted octanol–water partition coefficient (Wildman–Crippen LogP) is 4.09. The standard InChI is InChI=1S/C12H12OS/c1-7-4-5-8(2)12-11(7)10(14)6-9(3)13-12/h4-6H,1-3H3. The van der Waals surface area contributed by atoms with Gasteiger partial charge in [-0.3, -0.25) is 0 Å². The van der Waals surface area contributed by atoms with E-state index in [-0.39, 0.29) is 0 Å². The van der Waals surface area contributed by atoms with E-state index in [0.717, 1.165) is 26.8 Å². The molecule has 0 aliphatic carbocycles. The molecule has 0 saturated carbocycles. The molecule has 72 valence electrons. The number of hydrogen-bond acceptors (Lipinski definition) is 2. The van der Waals surface area contributed by atoms with Crippen molar-refractivity contribution in [2.24, 2.45) is 0 Å². The molecule has 0 atom stereocenters. The lowest BCUT2D eigenvalue weighted by atomic mass is 10.1. The summed E-state index contributed by atoms with van der Waals surface area (Å²) in [5.41, 5.74) is 3.25. The molecule has 0 aliphatic rings. The fourth-order valence-electron chi connectivity index (χ4n) is 1.67. The minimum atomic E-state index is 0.871. The third-order valence-corrected chi connectivity index (χ3v) is 2.73. The van der Waals surface area contributed by atoms with Crippen molar-refractivity contribution in [3.63, 3.8) is 0 Å². The zero-order valence-corrected chi connectivity index (χ0v) is 9.37. The number of benzene rings is 1. The Labute approximate surface area is 88.4 Å². The highest BCUT2D eigenvalue weighted by atomic mass is 32.1. The molecule has 0 unspecified atom stereocenters. The van der Waals surface area contributed by atoms with Crippen LogP contribution in [0.4, 0.5) is 0 Å². The molecule has 2 rings (SSSR count). The minimum absolute atomic E-state index is 0.871. The molecule has 0 N–H and O–H groups in total. The van der Waals surface area contributed by atoms with Crippen LogP contribution in [0.5, 0.6) is 0 Å². The zero-order chi connectivity index (χ0) is 10.3. The Kier molecular flexibility index (Phi) is 2.16. The van der Waals surface area contributed by atoms with Gasteiger partial charge < -0.3 is 4.42 Å². The van der Waals surface area contributed by atoms with E-state index in [0.29, 0.717) is 0 Å². The summed E-state index contributed by atoms with van der Waals surface area (Å²) in [6.07, 6.45) is 0.